The molecule has 6 nitrogen and oxygen atoms in total. The number of halogens is 1. The van der Waals surface area contributed by atoms with Crippen molar-refractivity contribution >= 4 is 17.3 Å². The molecule has 0 unspecified atom stereocenters. The summed E-state index contributed by atoms with van der Waals surface area (Å²) in [6.07, 6.45) is 7.91. The van der Waals surface area contributed by atoms with Gasteiger partial charge in [0.25, 0.3) is 5.56 Å². The Morgan fingerprint density at radius 1 is 1.19 bits per heavy atom. The lowest BCUT2D eigenvalue weighted by Crippen LogP contribution is -2.46. The fourth-order valence-electron chi connectivity index (χ4n) is 3.40. The Morgan fingerprint density at radius 2 is 1.96 bits per heavy atom. The van der Waals surface area contributed by atoms with Crippen molar-refractivity contribution in [3.63, 3.8) is 0 Å². The Bertz CT molecular complexity index is 840. The molecule has 0 atom stereocenters. The monoisotopic (exact) mass is 373 g/mol. The van der Waals surface area contributed by atoms with Crippen LogP contribution in [0.25, 0.3) is 0 Å². The van der Waals surface area contributed by atoms with Crippen LogP contribution >= 0.6 is 11.6 Å². The Hall–Kier alpha value is -1.92. The predicted molar refractivity (Wildman–Crippen MR) is 103 cm³/mol. The molecule has 1 aliphatic carbocycles. The van der Waals surface area contributed by atoms with E-state index in [1.165, 1.54) is 28.7 Å². The molecule has 4 rings (SSSR count). The van der Waals surface area contributed by atoms with Crippen molar-refractivity contribution in [3.8, 4) is 0 Å². The highest BCUT2D eigenvalue weighted by Gasteiger charge is 2.25. The van der Waals surface area contributed by atoms with Crippen LogP contribution in [0.5, 0.6) is 0 Å². The van der Waals surface area contributed by atoms with Gasteiger partial charge in [-0.15, -0.1) is 0 Å². The number of anilines is 1. The second-order valence-electron chi connectivity index (χ2n) is 7.34. The summed E-state index contributed by atoms with van der Waals surface area (Å²) >= 11 is 6.39. The Kier molecular flexibility index (Phi) is 4.96. The average molecular weight is 374 g/mol. The predicted octanol–water partition coefficient (Wildman–Crippen LogP) is 2.33. The summed E-state index contributed by atoms with van der Waals surface area (Å²) in [5.74, 6) is 0.599. The zero-order chi connectivity index (χ0) is 18.1. The third-order valence-electron chi connectivity index (χ3n) is 5.35. The molecule has 0 amide bonds. The third kappa shape index (κ3) is 3.76. The van der Waals surface area contributed by atoms with Crippen LogP contribution in [-0.4, -0.2) is 45.8 Å². The number of pyridine rings is 1. The van der Waals surface area contributed by atoms with Gasteiger partial charge in [0.05, 0.1) is 11.9 Å². The third-order valence-corrected chi connectivity index (χ3v) is 5.70. The molecule has 1 aliphatic heterocycles. The van der Waals surface area contributed by atoms with Gasteiger partial charge in [-0.1, -0.05) is 11.6 Å². The van der Waals surface area contributed by atoms with E-state index in [4.69, 9.17) is 11.6 Å². The molecule has 2 aliphatic rings. The molecule has 1 saturated carbocycles. The molecule has 1 saturated heterocycles. The van der Waals surface area contributed by atoms with E-state index in [9.17, 15) is 4.79 Å². The summed E-state index contributed by atoms with van der Waals surface area (Å²) in [5, 5.41) is 4.65. The van der Waals surface area contributed by atoms with Gasteiger partial charge in [0.2, 0.25) is 0 Å². The van der Waals surface area contributed by atoms with Gasteiger partial charge in [0, 0.05) is 51.7 Å². The highest BCUT2D eigenvalue weighted by molar-refractivity contribution is 6.33. The normalized spacial score (nSPS) is 18.3. The van der Waals surface area contributed by atoms with Crippen LogP contribution in [0.3, 0.4) is 0 Å². The number of nitrogens with zero attached hydrogens (tertiary/aromatic N) is 5. The molecular formula is C19H24ClN5O. The maximum Gasteiger partial charge on any atom is 0.287 e. The summed E-state index contributed by atoms with van der Waals surface area (Å²) in [5.41, 5.74) is 3.14. The summed E-state index contributed by atoms with van der Waals surface area (Å²) in [6.45, 7) is 7.25. The first-order valence-corrected chi connectivity index (χ1v) is 9.62. The lowest BCUT2D eigenvalue weighted by atomic mass is 10.1. The quantitative estimate of drug-likeness (QED) is 0.805. The first-order valence-electron chi connectivity index (χ1n) is 9.24. The van der Waals surface area contributed by atoms with Crippen molar-refractivity contribution in [2.45, 2.75) is 32.9 Å². The maximum absolute atomic E-state index is 12.5. The van der Waals surface area contributed by atoms with Crippen molar-refractivity contribution in [2.75, 3.05) is 31.1 Å². The maximum atomic E-state index is 12.5. The van der Waals surface area contributed by atoms with Gasteiger partial charge in [-0.05, 0) is 42.9 Å². The summed E-state index contributed by atoms with van der Waals surface area (Å²) in [4.78, 5) is 21.3. The molecule has 0 aromatic carbocycles. The van der Waals surface area contributed by atoms with E-state index in [0.717, 1.165) is 38.4 Å². The van der Waals surface area contributed by atoms with Crippen molar-refractivity contribution in [1.29, 1.82) is 0 Å². The highest BCUT2D eigenvalue weighted by Crippen LogP contribution is 2.30. The van der Waals surface area contributed by atoms with E-state index < -0.39 is 0 Å². The molecule has 2 aromatic rings. The van der Waals surface area contributed by atoms with E-state index in [1.54, 1.807) is 6.20 Å². The Labute approximate surface area is 158 Å². The molecule has 2 aromatic heterocycles. The lowest BCUT2D eigenvalue weighted by molar-refractivity contribution is 0.249. The van der Waals surface area contributed by atoms with Gasteiger partial charge in [-0.25, -0.2) is 4.68 Å². The zero-order valence-electron chi connectivity index (χ0n) is 15.1. The fraction of sp³-hybridized carbons (Fsp3) is 0.526. The van der Waals surface area contributed by atoms with Crippen LogP contribution in [0, 0.1) is 12.8 Å². The van der Waals surface area contributed by atoms with Crippen LogP contribution < -0.4 is 10.5 Å². The largest absolute Gasteiger partial charge is 0.366 e. The van der Waals surface area contributed by atoms with Crippen molar-refractivity contribution in [2.24, 2.45) is 5.92 Å². The lowest BCUT2D eigenvalue weighted by Gasteiger charge is -2.36. The van der Waals surface area contributed by atoms with Crippen LogP contribution in [0.4, 0.5) is 5.69 Å². The molecule has 138 valence electrons. The average Bonchev–Trinajstić information content (AvgIpc) is 3.46. The van der Waals surface area contributed by atoms with Crippen LogP contribution in [-0.2, 0) is 13.1 Å². The minimum absolute atomic E-state index is 0.163. The van der Waals surface area contributed by atoms with E-state index in [1.807, 2.05) is 18.5 Å². The number of aromatic nitrogens is 3. The topological polar surface area (TPSA) is 54.3 Å². The highest BCUT2D eigenvalue weighted by atomic mass is 35.5. The molecule has 0 radical (unpaired) electrons. The minimum Gasteiger partial charge on any atom is -0.366 e. The molecule has 0 bridgehead atoms. The Balaban J connectivity index is 1.41. The molecule has 0 spiro atoms. The van der Waals surface area contributed by atoms with Gasteiger partial charge in [0.15, 0.2) is 0 Å². The number of hydrogen-bond acceptors (Lipinski definition) is 5. The van der Waals surface area contributed by atoms with Gasteiger partial charge >= 0.3 is 0 Å². The minimum atomic E-state index is -0.163. The molecule has 7 heteroatoms. The van der Waals surface area contributed by atoms with Crippen molar-refractivity contribution < 1.29 is 0 Å². The summed E-state index contributed by atoms with van der Waals surface area (Å²) < 4.78 is 1.52. The molecule has 26 heavy (non-hydrogen) atoms. The molecule has 2 fully saturated rings. The second-order valence-corrected chi connectivity index (χ2v) is 7.72. The van der Waals surface area contributed by atoms with Crippen molar-refractivity contribution in [3.05, 3.63) is 51.2 Å². The van der Waals surface area contributed by atoms with Gasteiger partial charge in [-0.3, -0.25) is 14.7 Å². The standard InChI is InChI=1S/C19H24ClN5O/c1-14-4-5-21-10-16(14)13-23-6-8-24(9-7-23)17-11-22-25(12-15-2-3-15)19(26)18(17)20/h4-5,10-11,15H,2-3,6-9,12-13H2,1H3. The number of piperazine rings is 1. The summed E-state index contributed by atoms with van der Waals surface area (Å²) in [6, 6.07) is 2.05. The molecule has 0 N–H and O–H groups in total. The van der Waals surface area contributed by atoms with E-state index >= 15 is 0 Å². The van der Waals surface area contributed by atoms with E-state index in [-0.39, 0.29) is 5.56 Å². The number of hydrogen-bond donors (Lipinski definition) is 0. The van der Waals surface area contributed by atoms with E-state index in [0.29, 0.717) is 17.5 Å². The molecular weight excluding hydrogens is 350 g/mol. The molecule has 3 heterocycles. The number of rotatable bonds is 5. The smallest absolute Gasteiger partial charge is 0.287 e. The van der Waals surface area contributed by atoms with Crippen LogP contribution in [0.2, 0.25) is 5.02 Å². The first-order chi connectivity index (χ1) is 12.6. The SMILES string of the molecule is Cc1ccncc1CN1CCN(c2cnn(CC3CC3)c(=O)c2Cl)CC1. The van der Waals surface area contributed by atoms with Crippen LogP contribution in [0.1, 0.15) is 24.0 Å². The van der Waals surface area contributed by atoms with Crippen LogP contribution in [0.15, 0.2) is 29.5 Å². The fourth-order valence-corrected chi connectivity index (χ4v) is 3.67. The van der Waals surface area contributed by atoms with Gasteiger partial charge in [0.1, 0.15) is 5.02 Å². The number of aryl methyl sites for hydroxylation is 1. The van der Waals surface area contributed by atoms with Gasteiger partial charge in [-0.2, -0.15) is 5.10 Å². The Morgan fingerprint density at radius 3 is 2.65 bits per heavy atom. The van der Waals surface area contributed by atoms with E-state index in [2.05, 4.69) is 26.8 Å². The van der Waals surface area contributed by atoms with Gasteiger partial charge < -0.3 is 4.90 Å². The zero-order valence-corrected chi connectivity index (χ0v) is 15.8. The second kappa shape index (κ2) is 7.37. The first kappa shape index (κ1) is 17.5. The van der Waals surface area contributed by atoms with Crippen molar-refractivity contribution in [1.82, 2.24) is 19.7 Å². The summed E-state index contributed by atoms with van der Waals surface area (Å²) in [7, 11) is 0.